The molecule has 178 valence electrons. The van der Waals surface area contributed by atoms with Crippen LogP contribution < -0.4 is 18.9 Å². The lowest BCUT2D eigenvalue weighted by atomic mass is 10.1. The van der Waals surface area contributed by atoms with Gasteiger partial charge in [0.05, 0.1) is 25.9 Å². The zero-order valence-electron chi connectivity index (χ0n) is 19.0. The number of carbonyl (C=O) groups is 2. The molecule has 0 aliphatic carbocycles. The summed E-state index contributed by atoms with van der Waals surface area (Å²) < 4.78 is 49.5. The fourth-order valence-corrected chi connectivity index (χ4v) is 4.72. The van der Waals surface area contributed by atoms with Gasteiger partial charge in [0, 0.05) is 17.5 Å². The van der Waals surface area contributed by atoms with Gasteiger partial charge < -0.3 is 18.9 Å². The van der Waals surface area contributed by atoms with Gasteiger partial charge in [0.15, 0.2) is 23.9 Å². The first-order valence-corrected chi connectivity index (χ1v) is 11.8. The zero-order chi connectivity index (χ0) is 24.2. The second-order valence-corrected chi connectivity index (χ2v) is 10.1. The normalized spacial score (nSPS) is 13.7. The van der Waals surface area contributed by atoms with Crippen LogP contribution in [0, 0.1) is 0 Å². The fraction of sp³-hybridized carbons (Fsp3) is 0.391. The number of Topliss-reactive ketones (excluding diaryl/α,β-unsaturated/α-hetero) is 1. The van der Waals surface area contributed by atoms with Gasteiger partial charge in [-0.15, -0.1) is 0 Å². The van der Waals surface area contributed by atoms with E-state index in [1.165, 1.54) is 19.2 Å². The zero-order valence-corrected chi connectivity index (χ0v) is 19.8. The first-order valence-electron chi connectivity index (χ1n) is 10.3. The number of ether oxygens (including phenoxy) is 4. The van der Waals surface area contributed by atoms with Gasteiger partial charge in [-0.25, -0.2) is 17.9 Å². The van der Waals surface area contributed by atoms with E-state index in [0.717, 1.165) is 12.5 Å². The highest BCUT2D eigenvalue weighted by Gasteiger charge is 2.27. The molecular formula is C23H27NO8S. The number of methoxy groups -OCH3 is 1. The molecule has 0 saturated carbocycles. The Morgan fingerprint density at radius 1 is 1.00 bits per heavy atom. The second-order valence-electron chi connectivity index (χ2n) is 8.43. The number of benzene rings is 2. The van der Waals surface area contributed by atoms with Crippen molar-refractivity contribution in [3.63, 3.8) is 0 Å². The van der Waals surface area contributed by atoms with E-state index in [0.29, 0.717) is 30.3 Å². The summed E-state index contributed by atoms with van der Waals surface area (Å²) in [4.78, 5) is 24.9. The predicted octanol–water partition coefficient (Wildman–Crippen LogP) is 2.97. The summed E-state index contributed by atoms with van der Waals surface area (Å²) in [6.07, 6.45) is 0.737. The fourth-order valence-electron chi connectivity index (χ4n) is 3.11. The molecule has 0 spiro atoms. The van der Waals surface area contributed by atoms with Crippen molar-refractivity contribution in [3.05, 3.63) is 47.5 Å². The van der Waals surface area contributed by atoms with Gasteiger partial charge in [-0.05, 0) is 57.2 Å². The molecule has 0 amide bonds. The maximum absolute atomic E-state index is 12.8. The molecule has 0 saturated heterocycles. The molecule has 0 aromatic heterocycles. The molecule has 2 aromatic rings. The van der Waals surface area contributed by atoms with Crippen molar-refractivity contribution in [2.45, 2.75) is 37.6 Å². The third kappa shape index (κ3) is 6.23. The molecule has 9 nitrogen and oxygen atoms in total. The maximum Gasteiger partial charge on any atom is 0.338 e. The Balaban J connectivity index is 1.74. The van der Waals surface area contributed by atoms with Crippen LogP contribution >= 0.6 is 0 Å². The molecule has 0 unspecified atom stereocenters. The Bertz CT molecular complexity index is 1150. The summed E-state index contributed by atoms with van der Waals surface area (Å²) in [6.45, 7) is 5.57. The molecule has 3 rings (SSSR count). The minimum Gasteiger partial charge on any atom is -0.495 e. The van der Waals surface area contributed by atoms with Gasteiger partial charge in [-0.1, -0.05) is 0 Å². The van der Waals surface area contributed by atoms with Crippen LogP contribution in [0.25, 0.3) is 0 Å². The number of ketones is 1. The molecule has 1 aliphatic heterocycles. The highest BCUT2D eigenvalue weighted by atomic mass is 32.2. The molecule has 0 atom stereocenters. The average Bonchev–Trinajstić information content (AvgIpc) is 3.00. The molecule has 1 N–H and O–H groups in total. The third-order valence-corrected chi connectivity index (χ3v) is 6.31. The standard InChI is InChI=1S/C23H27NO8S/c1-23(2,3)24-33(27,28)21-13-16(7-9-19(21)29-4)22(26)32-14-17(25)15-6-8-18-20(12-15)31-11-5-10-30-18/h6-9,12-13,24H,5,10-11,14H2,1-4H3. The van der Waals surface area contributed by atoms with Crippen molar-refractivity contribution >= 4 is 21.8 Å². The van der Waals surface area contributed by atoms with Crippen LogP contribution in [0.2, 0.25) is 0 Å². The van der Waals surface area contributed by atoms with E-state index < -0.39 is 33.9 Å². The van der Waals surface area contributed by atoms with Crippen LogP contribution in [0.1, 0.15) is 47.9 Å². The van der Waals surface area contributed by atoms with Gasteiger partial charge in [0.2, 0.25) is 10.0 Å². The highest BCUT2D eigenvalue weighted by molar-refractivity contribution is 7.89. The Morgan fingerprint density at radius 2 is 1.67 bits per heavy atom. The van der Waals surface area contributed by atoms with Crippen molar-refractivity contribution in [2.24, 2.45) is 0 Å². The SMILES string of the molecule is COc1ccc(C(=O)OCC(=O)c2ccc3c(c2)OCCCO3)cc1S(=O)(=O)NC(C)(C)C. The summed E-state index contributed by atoms with van der Waals surface area (Å²) in [7, 11) is -2.65. The van der Waals surface area contributed by atoms with E-state index in [4.69, 9.17) is 18.9 Å². The third-order valence-electron chi connectivity index (χ3n) is 4.53. The van der Waals surface area contributed by atoms with Crippen molar-refractivity contribution < 1.29 is 37.0 Å². The molecular weight excluding hydrogens is 450 g/mol. The number of hydrogen-bond donors (Lipinski definition) is 1. The Morgan fingerprint density at radius 3 is 2.33 bits per heavy atom. The summed E-state index contributed by atoms with van der Waals surface area (Å²) in [5.74, 6) is -0.188. The molecule has 2 aromatic carbocycles. The van der Waals surface area contributed by atoms with E-state index in [1.54, 1.807) is 39.0 Å². The van der Waals surface area contributed by atoms with Crippen molar-refractivity contribution in [1.29, 1.82) is 0 Å². The molecule has 33 heavy (non-hydrogen) atoms. The lowest BCUT2D eigenvalue weighted by Crippen LogP contribution is -2.40. The topological polar surface area (TPSA) is 117 Å². The Labute approximate surface area is 193 Å². The van der Waals surface area contributed by atoms with Gasteiger partial charge in [0.25, 0.3) is 0 Å². The summed E-state index contributed by atoms with van der Waals surface area (Å²) in [6, 6.07) is 8.65. The summed E-state index contributed by atoms with van der Waals surface area (Å²) >= 11 is 0. The lowest BCUT2D eigenvalue weighted by molar-refractivity contribution is 0.0474. The predicted molar refractivity (Wildman–Crippen MR) is 120 cm³/mol. The molecule has 1 aliphatic rings. The van der Waals surface area contributed by atoms with Gasteiger partial charge >= 0.3 is 5.97 Å². The van der Waals surface area contributed by atoms with Crippen LogP contribution in [0.5, 0.6) is 17.2 Å². The number of rotatable bonds is 7. The highest BCUT2D eigenvalue weighted by Crippen LogP contribution is 2.31. The van der Waals surface area contributed by atoms with E-state index in [9.17, 15) is 18.0 Å². The minimum atomic E-state index is -3.98. The first-order chi connectivity index (χ1) is 15.5. The second kappa shape index (κ2) is 9.80. The Hall–Kier alpha value is -3.11. The van der Waals surface area contributed by atoms with E-state index in [1.807, 2.05) is 0 Å². The average molecular weight is 478 g/mol. The number of hydrogen-bond acceptors (Lipinski definition) is 8. The van der Waals surface area contributed by atoms with Gasteiger partial charge in [-0.2, -0.15) is 0 Å². The van der Waals surface area contributed by atoms with Crippen molar-refractivity contribution in [2.75, 3.05) is 26.9 Å². The van der Waals surface area contributed by atoms with Crippen LogP contribution in [-0.2, 0) is 14.8 Å². The summed E-state index contributed by atoms with van der Waals surface area (Å²) in [5, 5.41) is 0. The maximum atomic E-state index is 12.8. The smallest absolute Gasteiger partial charge is 0.338 e. The van der Waals surface area contributed by atoms with Crippen molar-refractivity contribution in [1.82, 2.24) is 4.72 Å². The Kier molecular flexibility index (Phi) is 7.28. The number of carbonyl (C=O) groups excluding carboxylic acids is 2. The molecule has 1 heterocycles. The largest absolute Gasteiger partial charge is 0.495 e. The van der Waals surface area contributed by atoms with Crippen LogP contribution in [0.3, 0.4) is 0 Å². The van der Waals surface area contributed by atoms with Crippen molar-refractivity contribution in [3.8, 4) is 17.2 Å². The van der Waals surface area contributed by atoms with E-state index >= 15 is 0 Å². The molecule has 10 heteroatoms. The number of esters is 1. The minimum absolute atomic E-state index is 0.0310. The number of nitrogens with one attached hydrogen (secondary N) is 1. The quantitative estimate of drug-likeness (QED) is 0.478. The van der Waals surface area contributed by atoms with E-state index in [-0.39, 0.29) is 16.2 Å². The summed E-state index contributed by atoms with van der Waals surface area (Å²) in [5.41, 5.74) is -0.467. The lowest BCUT2D eigenvalue weighted by Gasteiger charge is -2.21. The van der Waals surface area contributed by atoms with Crippen LogP contribution in [0.4, 0.5) is 0 Å². The number of fused-ring (bicyclic) bond motifs is 1. The van der Waals surface area contributed by atoms with Gasteiger partial charge in [-0.3, -0.25) is 4.79 Å². The first kappa shape index (κ1) is 24.5. The molecule has 0 radical (unpaired) electrons. The van der Waals surface area contributed by atoms with E-state index in [2.05, 4.69) is 4.72 Å². The van der Waals surface area contributed by atoms with Crippen LogP contribution in [-0.4, -0.2) is 52.6 Å². The van der Waals surface area contributed by atoms with Crippen LogP contribution in [0.15, 0.2) is 41.3 Å². The molecule has 0 fully saturated rings. The number of sulfonamides is 1. The van der Waals surface area contributed by atoms with Gasteiger partial charge in [0.1, 0.15) is 10.6 Å². The monoisotopic (exact) mass is 477 g/mol. The molecule has 0 bridgehead atoms.